The minimum absolute atomic E-state index is 0.0311. The molecule has 0 atom stereocenters. The average Bonchev–Trinajstić information content (AvgIpc) is 2.40. The summed E-state index contributed by atoms with van der Waals surface area (Å²) in [5.74, 6) is -0.796. The summed E-state index contributed by atoms with van der Waals surface area (Å²) in [5.41, 5.74) is 0.704. The molecule has 0 saturated heterocycles. The molecule has 0 heterocycles. The molecule has 0 aromatic heterocycles. The topological polar surface area (TPSA) is 60.4 Å². The van der Waals surface area contributed by atoms with Crippen LogP contribution in [0.4, 0.5) is 0 Å². The zero-order valence-electron chi connectivity index (χ0n) is 10.0. The summed E-state index contributed by atoms with van der Waals surface area (Å²) in [6.45, 7) is 0. The molecule has 2 aromatic carbocycles. The van der Waals surface area contributed by atoms with Crippen molar-refractivity contribution >= 4 is 16.1 Å². The smallest absolute Gasteiger partial charge is 0.341 e. The minimum atomic E-state index is -4.03. The molecule has 0 radical (unpaired) electrons. The Bertz CT molecular complexity index is 648. The Balaban J connectivity index is 2.07. The van der Waals surface area contributed by atoms with Gasteiger partial charge in [-0.2, -0.15) is 8.42 Å². The van der Waals surface area contributed by atoms with Crippen LogP contribution in [0.2, 0.25) is 0 Å². The van der Waals surface area contributed by atoms with Crippen molar-refractivity contribution in [2.45, 2.75) is 11.3 Å². The SMILES string of the molecule is O=C(Cc1ccccc1)OS(=O)(=O)c1ccccc1. The third kappa shape index (κ3) is 3.66. The fourth-order valence-corrected chi connectivity index (χ4v) is 2.44. The van der Waals surface area contributed by atoms with E-state index < -0.39 is 16.1 Å². The maximum absolute atomic E-state index is 11.8. The Morgan fingerprint density at radius 2 is 1.42 bits per heavy atom. The number of carbonyl (C=O) groups excluding carboxylic acids is 1. The molecule has 0 aliphatic heterocycles. The molecule has 0 N–H and O–H groups in total. The second-order valence-electron chi connectivity index (χ2n) is 3.88. The van der Waals surface area contributed by atoms with E-state index in [0.717, 1.165) is 0 Å². The minimum Gasteiger partial charge on any atom is -0.342 e. The summed E-state index contributed by atoms with van der Waals surface area (Å²) in [6, 6.07) is 16.4. The van der Waals surface area contributed by atoms with E-state index in [1.807, 2.05) is 6.07 Å². The van der Waals surface area contributed by atoms with Crippen LogP contribution in [0.3, 0.4) is 0 Å². The summed E-state index contributed by atoms with van der Waals surface area (Å²) in [6.07, 6.45) is -0.0765. The average molecular weight is 276 g/mol. The van der Waals surface area contributed by atoms with Crippen LogP contribution in [0.5, 0.6) is 0 Å². The molecule has 0 bridgehead atoms. The van der Waals surface area contributed by atoms with Crippen molar-refractivity contribution in [3.05, 3.63) is 66.2 Å². The number of rotatable bonds is 4. The van der Waals surface area contributed by atoms with Gasteiger partial charge in [0.1, 0.15) is 4.90 Å². The molecular formula is C14H12O4S. The lowest BCUT2D eigenvalue weighted by atomic mass is 10.2. The van der Waals surface area contributed by atoms with Gasteiger partial charge in [-0.05, 0) is 17.7 Å². The quantitative estimate of drug-likeness (QED) is 0.803. The van der Waals surface area contributed by atoms with Gasteiger partial charge in [0.25, 0.3) is 0 Å². The van der Waals surface area contributed by atoms with Crippen molar-refractivity contribution in [3.63, 3.8) is 0 Å². The standard InChI is InChI=1S/C14H12O4S/c15-14(11-12-7-3-1-4-8-12)18-19(16,17)13-9-5-2-6-10-13/h1-10H,11H2. The van der Waals surface area contributed by atoms with Gasteiger partial charge in [-0.3, -0.25) is 4.79 Å². The molecule has 2 aromatic rings. The van der Waals surface area contributed by atoms with Crippen LogP contribution >= 0.6 is 0 Å². The molecule has 0 amide bonds. The number of benzene rings is 2. The maximum atomic E-state index is 11.8. The first-order valence-corrected chi connectivity index (χ1v) is 7.05. The highest BCUT2D eigenvalue weighted by Gasteiger charge is 2.19. The molecule has 98 valence electrons. The second-order valence-corrected chi connectivity index (χ2v) is 5.43. The van der Waals surface area contributed by atoms with Gasteiger partial charge in [0, 0.05) is 0 Å². The van der Waals surface area contributed by atoms with E-state index in [2.05, 4.69) is 4.18 Å². The molecule has 0 spiro atoms. The third-order valence-electron chi connectivity index (χ3n) is 2.43. The summed E-state index contributed by atoms with van der Waals surface area (Å²) < 4.78 is 28.1. The van der Waals surface area contributed by atoms with Crippen LogP contribution < -0.4 is 0 Å². The van der Waals surface area contributed by atoms with Crippen molar-refractivity contribution < 1.29 is 17.4 Å². The van der Waals surface area contributed by atoms with Crippen molar-refractivity contribution in [1.82, 2.24) is 0 Å². The lowest BCUT2D eigenvalue weighted by Gasteiger charge is -2.05. The largest absolute Gasteiger partial charge is 0.342 e. The Labute approximate surface area is 111 Å². The number of hydrogen-bond acceptors (Lipinski definition) is 4. The van der Waals surface area contributed by atoms with Gasteiger partial charge in [-0.25, -0.2) is 0 Å². The molecule has 0 unspecified atom stereocenters. The van der Waals surface area contributed by atoms with Gasteiger partial charge in [0.2, 0.25) is 0 Å². The van der Waals surface area contributed by atoms with Crippen molar-refractivity contribution in [1.29, 1.82) is 0 Å². The monoisotopic (exact) mass is 276 g/mol. The van der Waals surface area contributed by atoms with Gasteiger partial charge in [-0.15, -0.1) is 0 Å². The molecule has 0 fully saturated rings. The normalized spacial score (nSPS) is 10.9. The van der Waals surface area contributed by atoms with E-state index in [0.29, 0.717) is 5.56 Å². The fourth-order valence-electron chi connectivity index (χ4n) is 1.55. The van der Waals surface area contributed by atoms with Crippen LogP contribution in [-0.4, -0.2) is 14.4 Å². The highest BCUT2D eigenvalue weighted by molar-refractivity contribution is 7.87. The number of hydrogen-bond donors (Lipinski definition) is 0. The Hall–Kier alpha value is -2.14. The summed E-state index contributed by atoms with van der Waals surface area (Å²) in [7, 11) is -4.03. The predicted molar refractivity (Wildman–Crippen MR) is 69.9 cm³/mol. The molecule has 2 rings (SSSR count). The second kappa shape index (κ2) is 5.67. The third-order valence-corrected chi connectivity index (χ3v) is 3.68. The lowest BCUT2D eigenvalue weighted by molar-refractivity contribution is -0.133. The van der Waals surface area contributed by atoms with Crippen LogP contribution in [-0.2, 0) is 25.5 Å². The summed E-state index contributed by atoms with van der Waals surface area (Å²) >= 11 is 0. The van der Waals surface area contributed by atoms with Crippen LogP contribution in [0.25, 0.3) is 0 Å². The molecule has 4 nitrogen and oxygen atoms in total. The lowest BCUT2D eigenvalue weighted by Crippen LogP contribution is -2.15. The Morgan fingerprint density at radius 3 is 2.00 bits per heavy atom. The Morgan fingerprint density at radius 1 is 0.895 bits per heavy atom. The fraction of sp³-hybridized carbons (Fsp3) is 0.0714. The molecule has 19 heavy (non-hydrogen) atoms. The maximum Gasteiger partial charge on any atom is 0.341 e. The van der Waals surface area contributed by atoms with E-state index in [4.69, 9.17) is 0 Å². The molecule has 0 aliphatic rings. The zero-order chi connectivity index (χ0) is 13.7. The molecule has 0 saturated carbocycles. The van der Waals surface area contributed by atoms with E-state index >= 15 is 0 Å². The molecule has 0 aliphatic carbocycles. The molecular weight excluding hydrogens is 264 g/mol. The summed E-state index contributed by atoms with van der Waals surface area (Å²) in [5, 5.41) is 0. The molecule has 5 heteroatoms. The number of carbonyl (C=O) groups is 1. The van der Waals surface area contributed by atoms with Gasteiger partial charge in [-0.1, -0.05) is 48.5 Å². The summed E-state index contributed by atoms with van der Waals surface area (Å²) in [4.78, 5) is 11.6. The van der Waals surface area contributed by atoms with Crippen LogP contribution in [0.1, 0.15) is 5.56 Å². The first-order chi connectivity index (χ1) is 9.08. The Kier molecular flexibility index (Phi) is 3.97. The van der Waals surface area contributed by atoms with E-state index in [9.17, 15) is 13.2 Å². The van der Waals surface area contributed by atoms with E-state index in [1.54, 1.807) is 42.5 Å². The van der Waals surface area contributed by atoms with Crippen molar-refractivity contribution in [2.75, 3.05) is 0 Å². The first kappa shape index (κ1) is 13.3. The highest BCUT2D eigenvalue weighted by Crippen LogP contribution is 2.12. The van der Waals surface area contributed by atoms with Crippen molar-refractivity contribution in [2.24, 2.45) is 0 Å². The van der Waals surface area contributed by atoms with Gasteiger partial charge in [0.05, 0.1) is 6.42 Å². The van der Waals surface area contributed by atoms with Gasteiger partial charge in [0.15, 0.2) is 0 Å². The predicted octanol–water partition coefficient (Wildman–Crippen LogP) is 2.16. The van der Waals surface area contributed by atoms with Gasteiger partial charge < -0.3 is 4.18 Å². The highest BCUT2D eigenvalue weighted by atomic mass is 32.2. The van der Waals surface area contributed by atoms with Crippen LogP contribution in [0, 0.1) is 0 Å². The van der Waals surface area contributed by atoms with Gasteiger partial charge >= 0.3 is 16.1 Å². The van der Waals surface area contributed by atoms with Crippen molar-refractivity contribution in [3.8, 4) is 0 Å². The zero-order valence-corrected chi connectivity index (χ0v) is 10.8. The van der Waals surface area contributed by atoms with E-state index in [1.165, 1.54) is 12.1 Å². The van der Waals surface area contributed by atoms with Crippen LogP contribution in [0.15, 0.2) is 65.6 Å². The van der Waals surface area contributed by atoms with E-state index in [-0.39, 0.29) is 11.3 Å². The first-order valence-electron chi connectivity index (χ1n) is 5.64.